The number of rotatable bonds is 7. The van der Waals surface area contributed by atoms with Crippen molar-refractivity contribution in [2.75, 3.05) is 34.4 Å². The van der Waals surface area contributed by atoms with Gasteiger partial charge in [-0.05, 0) is 56.6 Å². The highest BCUT2D eigenvalue weighted by atomic mass is 32.2. The third kappa shape index (κ3) is 3.91. The molecular formula is C19H21FN2O4S. The summed E-state index contributed by atoms with van der Waals surface area (Å²) in [6.45, 7) is 1.08. The molecule has 0 aliphatic heterocycles. The lowest BCUT2D eigenvalue weighted by molar-refractivity contribution is 0.263. The van der Waals surface area contributed by atoms with Gasteiger partial charge in [0.1, 0.15) is 23.9 Å². The fraction of sp³-hybridized carbons (Fsp3) is 0.263. The van der Waals surface area contributed by atoms with Gasteiger partial charge in [0.25, 0.3) is 10.0 Å². The molecule has 2 aromatic carbocycles. The number of halogens is 1. The van der Waals surface area contributed by atoms with Gasteiger partial charge in [-0.15, -0.1) is 0 Å². The number of hydrogen-bond donors (Lipinski definition) is 0. The number of aromatic nitrogens is 1. The summed E-state index contributed by atoms with van der Waals surface area (Å²) in [4.78, 5) is 1.96. The zero-order valence-electron chi connectivity index (χ0n) is 15.3. The Labute approximate surface area is 157 Å². The first kappa shape index (κ1) is 19.2. The summed E-state index contributed by atoms with van der Waals surface area (Å²) in [5.41, 5.74) is 0.458. The molecule has 8 heteroatoms. The van der Waals surface area contributed by atoms with Crippen molar-refractivity contribution in [3.8, 4) is 11.5 Å². The number of hydrogen-bond acceptors (Lipinski definition) is 5. The van der Waals surface area contributed by atoms with E-state index in [4.69, 9.17) is 9.47 Å². The summed E-state index contributed by atoms with van der Waals surface area (Å²) in [6, 6.07) is 9.80. The molecular weight excluding hydrogens is 371 g/mol. The topological polar surface area (TPSA) is 60.8 Å². The normalized spacial score (nSPS) is 11.9. The largest absolute Gasteiger partial charge is 0.497 e. The maximum absolute atomic E-state index is 13.2. The summed E-state index contributed by atoms with van der Waals surface area (Å²) in [6.07, 6.45) is 1.44. The molecule has 0 unspecified atom stereocenters. The number of nitrogens with zero attached hydrogens (tertiary/aromatic N) is 2. The van der Waals surface area contributed by atoms with Gasteiger partial charge in [0.05, 0.1) is 23.7 Å². The molecule has 0 radical (unpaired) electrons. The van der Waals surface area contributed by atoms with E-state index in [1.54, 1.807) is 25.3 Å². The minimum Gasteiger partial charge on any atom is -0.497 e. The standard InChI is InChI=1S/C19H21FN2O4S/c1-21(2)10-11-26-19-13-22(18-9-6-15(25-3)12-17(18)19)27(23,24)16-7-4-14(20)5-8-16/h4-9,12-13H,10-11H2,1-3H3. The fourth-order valence-electron chi connectivity index (χ4n) is 2.65. The van der Waals surface area contributed by atoms with Crippen LogP contribution < -0.4 is 9.47 Å². The summed E-state index contributed by atoms with van der Waals surface area (Å²) < 4.78 is 51.5. The molecule has 0 fully saturated rings. The molecule has 0 aliphatic rings. The quantitative estimate of drug-likeness (QED) is 0.619. The van der Waals surface area contributed by atoms with Crippen LogP contribution in [0.4, 0.5) is 4.39 Å². The number of likely N-dealkylation sites (N-methyl/N-ethyl adjacent to an activating group) is 1. The van der Waals surface area contributed by atoms with Crippen LogP contribution in [0.5, 0.6) is 11.5 Å². The summed E-state index contributed by atoms with van der Waals surface area (Å²) in [5.74, 6) is 0.539. The van der Waals surface area contributed by atoms with Gasteiger partial charge in [0.15, 0.2) is 0 Å². The van der Waals surface area contributed by atoms with Crippen molar-refractivity contribution in [1.29, 1.82) is 0 Å². The molecule has 3 rings (SSSR count). The lowest BCUT2D eigenvalue weighted by Gasteiger charge is -2.10. The monoisotopic (exact) mass is 392 g/mol. The molecule has 6 nitrogen and oxygen atoms in total. The lowest BCUT2D eigenvalue weighted by atomic mass is 10.2. The number of fused-ring (bicyclic) bond motifs is 1. The first-order chi connectivity index (χ1) is 12.8. The first-order valence-corrected chi connectivity index (χ1v) is 9.74. The minimum absolute atomic E-state index is 0.00328. The Hall–Kier alpha value is -2.58. The van der Waals surface area contributed by atoms with Crippen LogP contribution in [0.1, 0.15) is 0 Å². The van der Waals surface area contributed by atoms with E-state index in [1.807, 2.05) is 19.0 Å². The molecule has 1 heterocycles. The Kier molecular flexibility index (Phi) is 5.38. The Bertz CT molecular complexity index is 1040. The van der Waals surface area contributed by atoms with E-state index in [1.165, 1.54) is 18.3 Å². The van der Waals surface area contributed by atoms with Crippen molar-refractivity contribution in [1.82, 2.24) is 8.87 Å². The first-order valence-electron chi connectivity index (χ1n) is 8.30. The maximum atomic E-state index is 13.2. The number of benzene rings is 2. The predicted molar refractivity (Wildman–Crippen MR) is 102 cm³/mol. The van der Waals surface area contributed by atoms with Crippen molar-refractivity contribution in [3.05, 3.63) is 54.5 Å². The van der Waals surface area contributed by atoms with Gasteiger partial charge in [-0.1, -0.05) is 0 Å². The van der Waals surface area contributed by atoms with E-state index in [9.17, 15) is 12.8 Å². The van der Waals surface area contributed by atoms with E-state index >= 15 is 0 Å². The van der Waals surface area contributed by atoms with Gasteiger partial charge in [-0.2, -0.15) is 0 Å². The van der Waals surface area contributed by atoms with Crippen LogP contribution in [0.2, 0.25) is 0 Å². The molecule has 0 saturated heterocycles. The molecule has 0 spiro atoms. The molecule has 0 N–H and O–H groups in total. The van der Waals surface area contributed by atoms with E-state index in [0.717, 1.165) is 16.1 Å². The minimum atomic E-state index is -3.90. The summed E-state index contributed by atoms with van der Waals surface area (Å²) in [5, 5.41) is 0.624. The van der Waals surface area contributed by atoms with Gasteiger partial charge in [0.2, 0.25) is 0 Å². The third-order valence-electron chi connectivity index (χ3n) is 4.11. The molecule has 0 atom stereocenters. The average Bonchev–Trinajstić information content (AvgIpc) is 3.00. The van der Waals surface area contributed by atoms with Crippen LogP contribution in [0.25, 0.3) is 10.9 Å². The van der Waals surface area contributed by atoms with Gasteiger partial charge in [-0.3, -0.25) is 0 Å². The third-order valence-corrected chi connectivity index (χ3v) is 5.80. The zero-order chi connectivity index (χ0) is 19.6. The Morgan fingerprint density at radius 1 is 1.11 bits per heavy atom. The van der Waals surface area contributed by atoms with Crippen molar-refractivity contribution < 1.29 is 22.3 Å². The highest BCUT2D eigenvalue weighted by Gasteiger charge is 2.22. The van der Waals surface area contributed by atoms with Crippen molar-refractivity contribution in [2.24, 2.45) is 0 Å². The van der Waals surface area contributed by atoms with Gasteiger partial charge < -0.3 is 14.4 Å². The SMILES string of the molecule is COc1ccc2c(c1)c(OCCN(C)C)cn2S(=O)(=O)c1ccc(F)cc1. The highest BCUT2D eigenvalue weighted by Crippen LogP contribution is 2.34. The van der Waals surface area contributed by atoms with E-state index in [0.29, 0.717) is 35.6 Å². The van der Waals surface area contributed by atoms with Crippen molar-refractivity contribution >= 4 is 20.9 Å². The Morgan fingerprint density at radius 2 is 1.81 bits per heavy atom. The molecule has 27 heavy (non-hydrogen) atoms. The molecule has 144 valence electrons. The van der Waals surface area contributed by atoms with Gasteiger partial charge >= 0.3 is 0 Å². The second-order valence-corrected chi connectivity index (χ2v) is 8.10. The molecule has 0 saturated carbocycles. The average molecular weight is 392 g/mol. The second-order valence-electron chi connectivity index (χ2n) is 6.28. The molecule has 3 aromatic rings. The predicted octanol–water partition coefficient (Wildman–Crippen LogP) is 2.97. The molecule has 0 amide bonds. The van der Waals surface area contributed by atoms with Crippen LogP contribution >= 0.6 is 0 Å². The van der Waals surface area contributed by atoms with Crippen LogP contribution in [0.3, 0.4) is 0 Å². The van der Waals surface area contributed by atoms with Crippen LogP contribution in [-0.2, 0) is 10.0 Å². The van der Waals surface area contributed by atoms with Crippen LogP contribution in [0, 0.1) is 5.82 Å². The molecule has 1 aromatic heterocycles. The van der Waals surface area contributed by atoms with Crippen LogP contribution in [0.15, 0.2) is 53.6 Å². The van der Waals surface area contributed by atoms with E-state index in [-0.39, 0.29) is 4.90 Å². The van der Waals surface area contributed by atoms with Gasteiger partial charge in [0, 0.05) is 11.9 Å². The Morgan fingerprint density at radius 3 is 2.44 bits per heavy atom. The highest BCUT2D eigenvalue weighted by molar-refractivity contribution is 7.90. The number of methoxy groups -OCH3 is 1. The molecule has 0 bridgehead atoms. The lowest BCUT2D eigenvalue weighted by Crippen LogP contribution is -2.19. The summed E-state index contributed by atoms with van der Waals surface area (Å²) >= 11 is 0. The Balaban J connectivity index is 2.10. The smallest absolute Gasteiger partial charge is 0.268 e. The van der Waals surface area contributed by atoms with Crippen molar-refractivity contribution in [2.45, 2.75) is 4.90 Å². The molecule has 0 aliphatic carbocycles. The summed E-state index contributed by atoms with van der Waals surface area (Å²) in [7, 11) is 1.49. The van der Waals surface area contributed by atoms with Crippen LogP contribution in [-0.4, -0.2) is 51.6 Å². The number of ether oxygens (including phenoxy) is 2. The van der Waals surface area contributed by atoms with Gasteiger partial charge in [-0.25, -0.2) is 16.8 Å². The van der Waals surface area contributed by atoms with Crippen molar-refractivity contribution in [3.63, 3.8) is 0 Å². The maximum Gasteiger partial charge on any atom is 0.268 e. The zero-order valence-corrected chi connectivity index (χ0v) is 16.2. The van der Waals surface area contributed by atoms with E-state index < -0.39 is 15.8 Å². The second kappa shape index (κ2) is 7.58. The fourth-order valence-corrected chi connectivity index (χ4v) is 4.01. The van der Waals surface area contributed by atoms with E-state index in [2.05, 4.69) is 0 Å².